The lowest BCUT2D eigenvalue weighted by Gasteiger charge is -2.25. The van der Waals surface area contributed by atoms with Gasteiger partial charge < -0.3 is 14.4 Å². The summed E-state index contributed by atoms with van der Waals surface area (Å²) < 4.78 is 11.4. The topological polar surface area (TPSA) is 92.8 Å². The Labute approximate surface area is 193 Å². The van der Waals surface area contributed by atoms with Crippen molar-refractivity contribution in [1.82, 2.24) is 15.8 Å². The number of para-hydroxylation sites is 1. The van der Waals surface area contributed by atoms with Crippen molar-refractivity contribution in [3.05, 3.63) is 40.4 Å². The Balaban J connectivity index is 1.28. The molecule has 0 spiro atoms. The highest BCUT2D eigenvalue weighted by Crippen LogP contribution is 2.48. The molecule has 0 aliphatic carbocycles. The molecule has 31 heavy (non-hydrogen) atoms. The van der Waals surface area contributed by atoms with Gasteiger partial charge in [-0.2, -0.15) is 0 Å². The van der Waals surface area contributed by atoms with Crippen LogP contribution in [-0.4, -0.2) is 61.2 Å². The van der Waals surface area contributed by atoms with Crippen LogP contribution < -0.4 is 20.5 Å². The molecule has 0 bridgehead atoms. The van der Waals surface area contributed by atoms with E-state index in [0.29, 0.717) is 34.1 Å². The van der Waals surface area contributed by atoms with E-state index in [-0.39, 0.29) is 12.5 Å². The third kappa shape index (κ3) is 5.65. The van der Waals surface area contributed by atoms with E-state index >= 15 is 0 Å². The first-order valence-electron chi connectivity index (χ1n) is 9.96. The second kappa shape index (κ2) is 10.6. The van der Waals surface area contributed by atoms with Gasteiger partial charge in [-0.05, 0) is 13.0 Å². The van der Waals surface area contributed by atoms with Gasteiger partial charge in [0.05, 0.1) is 23.5 Å². The van der Waals surface area contributed by atoms with E-state index in [1.165, 1.54) is 11.3 Å². The zero-order chi connectivity index (χ0) is 21.6. The van der Waals surface area contributed by atoms with Gasteiger partial charge in [-0.3, -0.25) is 20.4 Å². The number of thiazole rings is 1. The number of hydrogen-bond acceptors (Lipinski definition) is 9. The van der Waals surface area contributed by atoms with Crippen LogP contribution in [0.2, 0.25) is 0 Å². The number of anilines is 1. The Bertz CT molecular complexity index is 927. The van der Waals surface area contributed by atoms with Crippen LogP contribution in [0.25, 0.3) is 0 Å². The van der Waals surface area contributed by atoms with E-state index in [1.54, 1.807) is 6.92 Å². The molecule has 11 heteroatoms. The normalized spacial score (nSPS) is 16.9. The molecule has 2 amide bonds. The summed E-state index contributed by atoms with van der Waals surface area (Å²) in [6, 6.07) is 7.77. The van der Waals surface area contributed by atoms with E-state index in [9.17, 15) is 9.59 Å². The van der Waals surface area contributed by atoms with Crippen LogP contribution in [-0.2, 0) is 9.53 Å². The van der Waals surface area contributed by atoms with Gasteiger partial charge in [0.2, 0.25) is 0 Å². The van der Waals surface area contributed by atoms with Crippen molar-refractivity contribution < 1.29 is 19.1 Å². The summed E-state index contributed by atoms with van der Waals surface area (Å²) in [6.07, 6.45) is 0. The van der Waals surface area contributed by atoms with Gasteiger partial charge in [-0.1, -0.05) is 29.5 Å². The van der Waals surface area contributed by atoms with Gasteiger partial charge in [-0.15, -0.1) is 23.5 Å². The zero-order valence-corrected chi connectivity index (χ0v) is 19.5. The molecular formula is C20H24N4O4S3. The van der Waals surface area contributed by atoms with E-state index in [0.717, 1.165) is 35.3 Å². The van der Waals surface area contributed by atoms with E-state index < -0.39 is 5.91 Å². The van der Waals surface area contributed by atoms with Crippen molar-refractivity contribution in [2.24, 2.45) is 0 Å². The summed E-state index contributed by atoms with van der Waals surface area (Å²) in [5, 5.41) is 0.792. The van der Waals surface area contributed by atoms with E-state index in [1.807, 2.05) is 47.8 Å². The maximum absolute atomic E-state index is 12.5. The van der Waals surface area contributed by atoms with Crippen LogP contribution in [0.4, 0.5) is 5.13 Å². The number of rotatable bonds is 6. The summed E-state index contributed by atoms with van der Waals surface area (Å²) in [5.41, 5.74) is 6.61. The number of morpholine rings is 1. The standard InChI is InChI=1S/C20H24N4O4S3/c1-13-17(31-20(21-13)24-6-8-27-9-7-24)18(26)23-22-16(25)12-28-15-5-3-2-4-14(15)19-29-10-11-30-19/h2-5,19H,6-12H2,1H3,(H,22,25)(H,23,26). The average Bonchev–Trinajstić information content (AvgIpc) is 3.47. The van der Waals surface area contributed by atoms with Gasteiger partial charge >= 0.3 is 0 Å². The second-order valence-electron chi connectivity index (χ2n) is 6.91. The lowest BCUT2D eigenvalue weighted by molar-refractivity contribution is -0.123. The molecule has 0 saturated carbocycles. The second-order valence-corrected chi connectivity index (χ2v) is 10.6. The van der Waals surface area contributed by atoms with Crippen LogP contribution in [0.15, 0.2) is 24.3 Å². The molecule has 2 fully saturated rings. The highest BCUT2D eigenvalue weighted by molar-refractivity contribution is 8.19. The van der Waals surface area contributed by atoms with Crippen molar-refractivity contribution in [3.8, 4) is 5.75 Å². The first-order valence-corrected chi connectivity index (χ1v) is 12.9. The molecule has 4 rings (SSSR count). The van der Waals surface area contributed by atoms with Crippen LogP contribution in [0.3, 0.4) is 0 Å². The number of aryl methyl sites for hydroxylation is 1. The Morgan fingerprint density at radius 2 is 1.94 bits per heavy atom. The van der Waals surface area contributed by atoms with E-state index in [4.69, 9.17) is 9.47 Å². The number of nitrogens with one attached hydrogen (secondary N) is 2. The highest BCUT2D eigenvalue weighted by Gasteiger charge is 2.23. The number of nitrogens with zero attached hydrogens (tertiary/aromatic N) is 2. The Morgan fingerprint density at radius 3 is 2.71 bits per heavy atom. The first-order chi connectivity index (χ1) is 15.1. The third-order valence-corrected chi connectivity index (χ3v) is 9.03. The summed E-state index contributed by atoms with van der Waals surface area (Å²) in [5.74, 6) is 2.11. The maximum Gasteiger partial charge on any atom is 0.281 e. The summed E-state index contributed by atoms with van der Waals surface area (Å²) >= 11 is 5.07. The van der Waals surface area contributed by atoms with Crippen molar-refractivity contribution >= 4 is 51.8 Å². The smallest absolute Gasteiger partial charge is 0.281 e. The molecule has 0 atom stereocenters. The number of aromatic nitrogens is 1. The number of hydrogen-bond donors (Lipinski definition) is 2. The minimum atomic E-state index is -0.426. The largest absolute Gasteiger partial charge is 0.483 e. The van der Waals surface area contributed by atoms with Crippen LogP contribution in [0, 0.1) is 6.92 Å². The molecule has 2 saturated heterocycles. The van der Waals surface area contributed by atoms with Gasteiger partial charge in [0, 0.05) is 30.2 Å². The number of carbonyl (C=O) groups excluding carboxylic acids is 2. The molecule has 0 unspecified atom stereocenters. The number of thioether (sulfide) groups is 2. The SMILES string of the molecule is Cc1nc(N2CCOCC2)sc1C(=O)NNC(=O)COc1ccccc1C1SCCS1. The van der Waals surface area contributed by atoms with Crippen molar-refractivity contribution in [3.63, 3.8) is 0 Å². The number of hydrazine groups is 1. The Morgan fingerprint density at radius 1 is 1.19 bits per heavy atom. The van der Waals surface area contributed by atoms with Crippen molar-refractivity contribution in [2.45, 2.75) is 11.5 Å². The quantitative estimate of drug-likeness (QED) is 0.610. The van der Waals surface area contributed by atoms with Crippen molar-refractivity contribution in [2.75, 3.05) is 49.3 Å². The lowest BCUT2D eigenvalue weighted by Crippen LogP contribution is -2.43. The van der Waals surface area contributed by atoms with Crippen LogP contribution in [0.1, 0.15) is 25.5 Å². The monoisotopic (exact) mass is 480 g/mol. The number of benzene rings is 1. The number of ether oxygens (including phenoxy) is 2. The van der Waals surface area contributed by atoms with Gasteiger partial charge in [-0.25, -0.2) is 4.98 Å². The molecule has 1 aromatic carbocycles. The fourth-order valence-electron chi connectivity index (χ4n) is 3.19. The molecule has 2 aliphatic heterocycles. The van der Waals surface area contributed by atoms with Gasteiger partial charge in [0.15, 0.2) is 11.7 Å². The minimum Gasteiger partial charge on any atom is -0.483 e. The molecule has 0 radical (unpaired) electrons. The fourth-order valence-corrected chi connectivity index (χ4v) is 7.11. The number of carbonyl (C=O) groups is 2. The Kier molecular flexibility index (Phi) is 7.59. The summed E-state index contributed by atoms with van der Waals surface area (Å²) in [4.78, 5) is 31.8. The minimum absolute atomic E-state index is 0.181. The summed E-state index contributed by atoms with van der Waals surface area (Å²) in [6.45, 7) is 4.41. The first kappa shape index (κ1) is 22.3. The number of amides is 2. The van der Waals surface area contributed by atoms with Crippen molar-refractivity contribution in [1.29, 1.82) is 0 Å². The van der Waals surface area contributed by atoms with Gasteiger partial charge in [0.1, 0.15) is 10.6 Å². The molecule has 3 heterocycles. The molecule has 2 aromatic rings. The van der Waals surface area contributed by atoms with Gasteiger partial charge in [0.25, 0.3) is 11.8 Å². The molecular weight excluding hydrogens is 456 g/mol. The predicted molar refractivity (Wildman–Crippen MR) is 125 cm³/mol. The third-order valence-electron chi connectivity index (χ3n) is 4.74. The molecule has 2 N–H and O–H groups in total. The summed E-state index contributed by atoms with van der Waals surface area (Å²) in [7, 11) is 0. The molecule has 166 valence electrons. The molecule has 8 nitrogen and oxygen atoms in total. The lowest BCUT2D eigenvalue weighted by atomic mass is 10.2. The zero-order valence-electron chi connectivity index (χ0n) is 17.1. The van der Waals surface area contributed by atoms with Crippen LogP contribution >= 0.6 is 34.9 Å². The highest BCUT2D eigenvalue weighted by atomic mass is 32.2. The fraction of sp³-hybridized carbons (Fsp3) is 0.450. The molecule has 2 aliphatic rings. The Hall–Kier alpha value is -1.95. The average molecular weight is 481 g/mol. The predicted octanol–water partition coefficient (Wildman–Crippen LogP) is 2.61. The van der Waals surface area contributed by atoms with E-state index in [2.05, 4.69) is 20.7 Å². The molecule has 1 aromatic heterocycles. The maximum atomic E-state index is 12.5. The van der Waals surface area contributed by atoms with Crippen LogP contribution in [0.5, 0.6) is 5.75 Å².